The second-order valence-corrected chi connectivity index (χ2v) is 8.65. The first-order chi connectivity index (χ1) is 12.7. The number of hydrogen-bond acceptors (Lipinski definition) is 4. The summed E-state index contributed by atoms with van der Waals surface area (Å²) >= 11 is 1.96. The van der Waals surface area contributed by atoms with Gasteiger partial charge in [0.1, 0.15) is 0 Å². The molecule has 0 saturated carbocycles. The zero-order chi connectivity index (χ0) is 18.0. The minimum absolute atomic E-state index is 0.150. The number of thioether (sulfide) groups is 1. The molecule has 1 aromatic carbocycles. The number of ether oxygens (including phenoxy) is 1. The number of benzene rings is 1. The number of likely N-dealkylation sites (tertiary alicyclic amines) is 1. The lowest BCUT2D eigenvalue weighted by Gasteiger charge is -2.47. The van der Waals surface area contributed by atoms with E-state index in [9.17, 15) is 4.79 Å². The van der Waals surface area contributed by atoms with Crippen LogP contribution in [0, 0.1) is 0 Å². The molecule has 2 fully saturated rings. The minimum atomic E-state index is 0.150. The number of rotatable bonds is 5. The van der Waals surface area contributed by atoms with Crippen LogP contribution >= 0.6 is 11.8 Å². The molecule has 0 unspecified atom stereocenters. The van der Waals surface area contributed by atoms with Gasteiger partial charge in [0, 0.05) is 30.6 Å². The van der Waals surface area contributed by atoms with Crippen LogP contribution in [0.1, 0.15) is 35.0 Å². The summed E-state index contributed by atoms with van der Waals surface area (Å²) in [6.07, 6.45) is 4.07. The number of hydrogen-bond donors (Lipinski definition) is 0. The molecule has 1 aromatic heterocycles. The highest BCUT2D eigenvalue weighted by molar-refractivity contribution is 8.01. The van der Waals surface area contributed by atoms with Crippen LogP contribution in [0.2, 0.25) is 0 Å². The predicted octanol–water partition coefficient (Wildman–Crippen LogP) is 3.56. The number of carbonyl (C=O) groups excluding carboxylic acids is 1. The summed E-state index contributed by atoms with van der Waals surface area (Å²) < 4.78 is 6.23. The quantitative estimate of drug-likeness (QED) is 0.809. The molecule has 2 aliphatic heterocycles. The summed E-state index contributed by atoms with van der Waals surface area (Å²) in [5.74, 6) is 1.15. The van der Waals surface area contributed by atoms with E-state index >= 15 is 0 Å². The van der Waals surface area contributed by atoms with E-state index in [1.54, 1.807) is 6.20 Å². The van der Waals surface area contributed by atoms with Gasteiger partial charge in [0.25, 0.3) is 5.91 Å². The second-order valence-electron chi connectivity index (χ2n) is 7.16. The van der Waals surface area contributed by atoms with E-state index < -0.39 is 0 Å². The van der Waals surface area contributed by atoms with Gasteiger partial charge >= 0.3 is 0 Å². The van der Waals surface area contributed by atoms with Crippen LogP contribution in [-0.4, -0.2) is 45.5 Å². The maximum absolute atomic E-state index is 12.6. The third kappa shape index (κ3) is 3.64. The minimum Gasteiger partial charge on any atom is -0.371 e. The molecule has 26 heavy (non-hydrogen) atoms. The van der Waals surface area contributed by atoms with Crippen molar-refractivity contribution in [2.75, 3.05) is 18.8 Å². The van der Waals surface area contributed by atoms with E-state index in [2.05, 4.69) is 24.0 Å². The van der Waals surface area contributed by atoms with Gasteiger partial charge in [-0.05, 0) is 42.7 Å². The van der Waals surface area contributed by atoms with Crippen molar-refractivity contribution in [1.29, 1.82) is 0 Å². The van der Waals surface area contributed by atoms with Crippen LogP contribution in [-0.2, 0) is 17.8 Å². The van der Waals surface area contributed by atoms with Gasteiger partial charge in [-0.1, -0.05) is 25.1 Å². The third-order valence-electron chi connectivity index (χ3n) is 5.22. The smallest absolute Gasteiger partial charge is 0.253 e. The molecule has 136 valence electrons. The lowest BCUT2D eigenvalue weighted by molar-refractivity contribution is 0.0245. The van der Waals surface area contributed by atoms with E-state index in [-0.39, 0.29) is 16.8 Å². The number of pyridine rings is 1. The third-order valence-corrected chi connectivity index (χ3v) is 6.80. The van der Waals surface area contributed by atoms with Crippen LogP contribution < -0.4 is 0 Å². The molecule has 4 nitrogen and oxygen atoms in total. The van der Waals surface area contributed by atoms with E-state index in [1.807, 2.05) is 47.0 Å². The number of amides is 1. The largest absolute Gasteiger partial charge is 0.371 e. The van der Waals surface area contributed by atoms with Crippen LogP contribution in [0.5, 0.6) is 0 Å². The number of nitrogens with zero attached hydrogens (tertiary/aromatic N) is 2. The van der Waals surface area contributed by atoms with Crippen molar-refractivity contribution in [3.8, 4) is 0 Å². The summed E-state index contributed by atoms with van der Waals surface area (Å²) in [6.45, 7) is 4.35. The van der Waals surface area contributed by atoms with Crippen LogP contribution in [0.3, 0.4) is 0 Å². The van der Waals surface area contributed by atoms with Gasteiger partial charge in [-0.15, -0.1) is 11.8 Å². The van der Waals surface area contributed by atoms with E-state index in [0.717, 1.165) is 42.9 Å². The van der Waals surface area contributed by atoms with Gasteiger partial charge in [0.15, 0.2) is 0 Å². The summed E-state index contributed by atoms with van der Waals surface area (Å²) in [5, 5.41) is 0. The van der Waals surface area contributed by atoms with Gasteiger partial charge in [-0.25, -0.2) is 0 Å². The number of carbonyl (C=O) groups is 1. The molecule has 2 aromatic rings. The first kappa shape index (κ1) is 17.6. The fourth-order valence-electron chi connectivity index (χ4n) is 3.68. The Bertz CT molecular complexity index is 757. The van der Waals surface area contributed by atoms with Gasteiger partial charge in [0.05, 0.1) is 23.2 Å². The zero-order valence-corrected chi connectivity index (χ0v) is 15.9. The summed E-state index contributed by atoms with van der Waals surface area (Å²) in [4.78, 5) is 18.9. The molecule has 1 amide bonds. The maximum atomic E-state index is 12.6. The van der Waals surface area contributed by atoms with Crippen molar-refractivity contribution < 1.29 is 9.53 Å². The molecule has 3 heterocycles. The Morgan fingerprint density at radius 3 is 2.77 bits per heavy atom. The maximum Gasteiger partial charge on any atom is 0.253 e. The van der Waals surface area contributed by atoms with Crippen molar-refractivity contribution >= 4 is 17.7 Å². The normalized spacial score (nSPS) is 21.0. The van der Waals surface area contributed by atoms with Gasteiger partial charge in [-0.2, -0.15) is 0 Å². The molecule has 1 spiro atoms. The lowest BCUT2D eigenvalue weighted by Crippen LogP contribution is -2.60. The van der Waals surface area contributed by atoms with Crippen molar-refractivity contribution in [1.82, 2.24) is 9.88 Å². The Morgan fingerprint density at radius 1 is 1.27 bits per heavy atom. The van der Waals surface area contributed by atoms with E-state index in [4.69, 9.17) is 4.74 Å². The Hall–Kier alpha value is -1.85. The Kier molecular flexibility index (Phi) is 5.00. The molecule has 0 radical (unpaired) electrons. The second kappa shape index (κ2) is 7.41. The first-order valence-corrected chi connectivity index (χ1v) is 10.2. The number of aryl methyl sites for hydroxylation is 1. The SMILES string of the molecule is CCc1ccc(C(=O)N2CC3(C[C@@H](OCc4ccccn4)CS3)C2)cc1. The summed E-state index contributed by atoms with van der Waals surface area (Å²) in [5.41, 5.74) is 3.03. The first-order valence-electron chi connectivity index (χ1n) is 9.21. The van der Waals surface area contributed by atoms with Crippen molar-refractivity contribution in [3.05, 3.63) is 65.5 Å². The van der Waals surface area contributed by atoms with Crippen molar-refractivity contribution in [2.45, 2.75) is 37.2 Å². The van der Waals surface area contributed by atoms with Crippen molar-refractivity contribution in [3.63, 3.8) is 0 Å². The molecule has 5 heteroatoms. The predicted molar refractivity (Wildman–Crippen MR) is 104 cm³/mol. The fraction of sp³-hybridized carbons (Fsp3) is 0.429. The van der Waals surface area contributed by atoms with Gasteiger partial charge in [-0.3, -0.25) is 9.78 Å². The molecule has 1 atom stereocenters. The average molecular weight is 369 g/mol. The topological polar surface area (TPSA) is 42.4 Å². The Morgan fingerprint density at radius 2 is 2.08 bits per heavy atom. The highest BCUT2D eigenvalue weighted by Gasteiger charge is 2.50. The lowest BCUT2D eigenvalue weighted by atomic mass is 9.92. The van der Waals surface area contributed by atoms with Crippen LogP contribution in [0.15, 0.2) is 48.7 Å². The highest BCUT2D eigenvalue weighted by Crippen LogP contribution is 2.46. The fourth-order valence-corrected chi connectivity index (χ4v) is 5.23. The highest BCUT2D eigenvalue weighted by atomic mass is 32.2. The molecule has 0 bridgehead atoms. The average Bonchev–Trinajstić information content (AvgIpc) is 3.10. The van der Waals surface area contributed by atoms with E-state index in [0.29, 0.717) is 6.61 Å². The molecule has 4 rings (SSSR count). The van der Waals surface area contributed by atoms with Gasteiger partial charge in [0.2, 0.25) is 0 Å². The standard InChI is InChI=1S/C21H24N2O2S/c1-2-16-6-8-17(9-7-16)20(24)23-14-21(15-23)11-19(13-26-21)25-12-18-5-3-4-10-22-18/h3-10,19H,2,11-15H2,1H3/t19-/m1/s1. The number of aromatic nitrogens is 1. The van der Waals surface area contributed by atoms with Crippen LogP contribution in [0.25, 0.3) is 0 Å². The molecule has 2 aliphatic rings. The molecule has 0 aliphatic carbocycles. The Balaban J connectivity index is 1.28. The van der Waals surface area contributed by atoms with Crippen LogP contribution in [0.4, 0.5) is 0 Å². The molecular formula is C21H24N2O2S. The Labute approximate surface area is 159 Å². The summed E-state index contributed by atoms with van der Waals surface area (Å²) in [6, 6.07) is 13.9. The molecule has 2 saturated heterocycles. The monoisotopic (exact) mass is 368 g/mol. The molecule has 0 N–H and O–H groups in total. The molecular weight excluding hydrogens is 344 g/mol. The van der Waals surface area contributed by atoms with E-state index in [1.165, 1.54) is 5.56 Å². The van der Waals surface area contributed by atoms with Gasteiger partial charge < -0.3 is 9.64 Å². The van der Waals surface area contributed by atoms with Crippen molar-refractivity contribution in [2.24, 2.45) is 0 Å². The summed E-state index contributed by atoms with van der Waals surface area (Å²) in [7, 11) is 0. The zero-order valence-electron chi connectivity index (χ0n) is 15.1.